The zero-order valence-corrected chi connectivity index (χ0v) is 11.7. The van der Waals surface area contributed by atoms with Gasteiger partial charge in [0.25, 0.3) is 0 Å². The van der Waals surface area contributed by atoms with Crippen LogP contribution in [-0.2, 0) is 4.79 Å². The van der Waals surface area contributed by atoms with Gasteiger partial charge in [-0.3, -0.25) is 4.79 Å². The Bertz CT molecular complexity index is 430. The Labute approximate surface area is 115 Å². The van der Waals surface area contributed by atoms with Gasteiger partial charge in [0.1, 0.15) is 0 Å². The van der Waals surface area contributed by atoms with Gasteiger partial charge >= 0.3 is 0 Å². The molecule has 1 aromatic rings. The van der Waals surface area contributed by atoms with Crippen molar-refractivity contribution in [1.29, 1.82) is 0 Å². The van der Waals surface area contributed by atoms with Crippen molar-refractivity contribution in [1.82, 2.24) is 4.90 Å². The van der Waals surface area contributed by atoms with Gasteiger partial charge in [-0.05, 0) is 50.0 Å². The SMILES string of the molecule is CN(C(=O)C1CC1)C1CCC(c2ccccc2)CC1. The quantitative estimate of drug-likeness (QED) is 0.810. The predicted molar refractivity (Wildman–Crippen MR) is 76.9 cm³/mol. The van der Waals surface area contributed by atoms with E-state index in [2.05, 4.69) is 30.3 Å². The van der Waals surface area contributed by atoms with E-state index in [-0.39, 0.29) is 0 Å². The summed E-state index contributed by atoms with van der Waals surface area (Å²) < 4.78 is 0. The Morgan fingerprint density at radius 3 is 2.21 bits per heavy atom. The van der Waals surface area contributed by atoms with Crippen LogP contribution in [0.15, 0.2) is 30.3 Å². The highest BCUT2D eigenvalue weighted by Crippen LogP contribution is 2.37. The molecule has 0 N–H and O–H groups in total. The van der Waals surface area contributed by atoms with Crippen LogP contribution >= 0.6 is 0 Å². The molecular weight excluding hydrogens is 234 g/mol. The molecule has 0 aromatic heterocycles. The van der Waals surface area contributed by atoms with E-state index in [1.165, 1.54) is 18.4 Å². The van der Waals surface area contributed by atoms with Gasteiger partial charge in [0.05, 0.1) is 0 Å². The predicted octanol–water partition coefficient (Wildman–Crippen LogP) is 3.58. The highest BCUT2D eigenvalue weighted by atomic mass is 16.2. The Kier molecular flexibility index (Phi) is 3.58. The van der Waals surface area contributed by atoms with Crippen molar-refractivity contribution in [3.8, 4) is 0 Å². The molecule has 2 heteroatoms. The molecule has 0 saturated heterocycles. The summed E-state index contributed by atoms with van der Waals surface area (Å²) in [5.74, 6) is 1.45. The van der Waals surface area contributed by atoms with Crippen molar-refractivity contribution in [2.75, 3.05) is 7.05 Å². The van der Waals surface area contributed by atoms with Crippen LogP contribution in [0.1, 0.15) is 50.0 Å². The first-order valence-corrected chi connectivity index (χ1v) is 7.57. The molecule has 0 aliphatic heterocycles. The van der Waals surface area contributed by atoms with Gasteiger partial charge in [0, 0.05) is 19.0 Å². The number of hydrogen-bond donors (Lipinski definition) is 0. The van der Waals surface area contributed by atoms with E-state index in [0.717, 1.165) is 25.7 Å². The molecule has 2 fully saturated rings. The lowest BCUT2D eigenvalue weighted by Gasteiger charge is -2.35. The molecule has 0 unspecified atom stereocenters. The molecule has 1 aromatic carbocycles. The van der Waals surface area contributed by atoms with E-state index < -0.39 is 0 Å². The second kappa shape index (κ2) is 5.36. The van der Waals surface area contributed by atoms with E-state index in [1.54, 1.807) is 0 Å². The average molecular weight is 257 g/mol. The molecule has 19 heavy (non-hydrogen) atoms. The summed E-state index contributed by atoms with van der Waals surface area (Å²) in [7, 11) is 2.01. The summed E-state index contributed by atoms with van der Waals surface area (Å²) >= 11 is 0. The van der Waals surface area contributed by atoms with Crippen LogP contribution in [0.2, 0.25) is 0 Å². The molecule has 3 rings (SSSR count). The molecule has 0 atom stereocenters. The minimum atomic E-state index is 0.358. The molecular formula is C17H23NO. The number of carbonyl (C=O) groups is 1. The van der Waals surface area contributed by atoms with Gasteiger partial charge < -0.3 is 4.90 Å². The van der Waals surface area contributed by atoms with Gasteiger partial charge in [0.15, 0.2) is 0 Å². The number of carbonyl (C=O) groups excluding carboxylic acids is 1. The fourth-order valence-corrected chi connectivity index (χ4v) is 3.32. The smallest absolute Gasteiger partial charge is 0.225 e. The summed E-state index contributed by atoms with van der Waals surface area (Å²) in [4.78, 5) is 14.1. The van der Waals surface area contributed by atoms with E-state index in [0.29, 0.717) is 23.8 Å². The van der Waals surface area contributed by atoms with E-state index in [1.807, 2.05) is 11.9 Å². The largest absolute Gasteiger partial charge is 0.343 e. The van der Waals surface area contributed by atoms with Gasteiger partial charge in [0.2, 0.25) is 5.91 Å². The fraction of sp³-hybridized carbons (Fsp3) is 0.588. The zero-order chi connectivity index (χ0) is 13.2. The van der Waals surface area contributed by atoms with Gasteiger partial charge in [-0.2, -0.15) is 0 Å². The van der Waals surface area contributed by atoms with Crippen LogP contribution in [-0.4, -0.2) is 23.9 Å². The van der Waals surface area contributed by atoms with Crippen LogP contribution in [0.4, 0.5) is 0 Å². The Hall–Kier alpha value is -1.31. The first-order valence-electron chi connectivity index (χ1n) is 7.57. The van der Waals surface area contributed by atoms with Crippen molar-refractivity contribution in [3.63, 3.8) is 0 Å². The van der Waals surface area contributed by atoms with Crippen molar-refractivity contribution < 1.29 is 4.79 Å². The van der Waals surface area contributed by atoms with Crippen LogP contribution in [0, 0.1) is 5.92 Å². The Balaban J connectivity index is 1.55. The molecule has 2 nitrogen and oxygen atoms in total. The summed E-state index contributed by atoms with van der Waals surface area (Å²) in [5.41, 5.74) is 1.47. The van der Waals surface area contributed by atoms with Crippen LogP contribution < -0.4 is 0 Å². The van der Waals surface area contributed by atoms with Gasteiger partial charge in [-0.15, -0.1) is 0 Å². The van der Waals surface area contributed by atoms with Crippen molar-refractivity contribution in [3.05, 3.63) is 35.9 Å². The lowest BCUT2D eigenvalue weighted by molar-refractivity contribution is -0.133. The highest BCUT2D eigenvalue weighted by Gasteiger charge is 2.35. The van der Waals surface area contributed by atoms with Crippen LogP contribution in [0.25, 0.3) is 0 Å². The first kappa shape index (κ1) is 12.7. The summed E-state index contributed by atoms with van der Waals surface area (Å²) in [5, 5.41) is 0. The van der Waals surface area contributed by atoms with E-state index in [4.69, 9.17) is 0 Å². The minimum Gasteiger partial charge on any atom is -0.343 e. The fourth-order valence-electron chi connectivity index (χ4n) is 3.32. The summed E-state index contributed by atoms with van der Waals surface area (Å²) in [6.45, 7) is 0. The molecule has 1 amide bonds. The minimum absolute atomic E-state index is 0.358. The summed E-state index contributed by atoms with van der Waals surface area (Å²) in [6, 6.07) is 11.3. The molecule has 2 aliphatic carbocycles. The maximum absolute atomic E-state index is 12.1. The number of hydrogen-bond acceptors (Lipinski definition) is 1. The summed E-state index contributed by atoms with van der Waals surface area (Å²) in [6.07, 6.45) is 6.99. The monoisotopic (exact) mass is 257 g/mol. The number of nitrogens with zero attached hydrogens (tertiary/aromatic N) is 1. The molecule has 0 bridgehead atoms. The highest BCUT2D eigenvalue weighted by molar-refractivity contribution is 5.81. The third-order valence-corrected chi connectivity index (χ3v) is 4.79. The average Bonchev–Trinajstić information content (AvgIpc) is 3.31. The molecule has 0 radical (unpaired) electrons. The third kappa shape index (κ3) is 2.83. The Morgan fingerprint density at radius 2 is 1.63 bits per heavy atom. The van der Waals surface area contributed by atoms with Crippen molar-refractivity contribution in [2.24, 2.45) is 5.92 Å². The first-order chi connectivity index (χ1) is 9.25. The molecule has 0 heterocycles. The van der Waals surface area contributed by atoms with Crippen LogP contribution in [0.3, 0.4) is 0 Å². The third-order valence-electron chi connectivity index (χ3n) is 4.79. The van der Waals surface area contributed by atoms with Gasteiger partial charge in [-0.1, -0.05) is 30.3 Å². The van der Waals surface area contributed by atoms with Crippen molar-refractivity contribution in [2.45, 2.75) is 50.5 Å². The topological polar surface area (TPSA) is 20.3 Å². The standard InChI is InChI=1S/C17H23NO/c1-18(17(19)15-7-8-15)16-11-9-14(10-12-16)13-5-3-2-4-6-13/h2-6,14-16H,7-12H2,1H3. The molecule has 2 aliphatic rings. The molecule has 0 spiro atoms. The number of rotatable bonds is 3. The van der Waals surface area contributed by atoms with E-state index >= 15 is 0 Å². The lowest BCUT2D eigenvalue weighted by Crippen LogP contribution is -2.40. The van der Waals surface area contributed by atoms with Crippen LogP contribution in [0.5, 0.6) is 0 Å². The van der Waals surface area contributed by atoms with Gasteiger partial charge in [-0.25, -0.2) is 0 Å². The number of benzene rings is 1. The lowest BCUT2D eigenvalue weighted by atomic mass is 9.81. The zero-order valence-electron chi connectivity index (χ0n) is 11.7. The Morgan fingerprint density at radius 1 is 1.00 bits per heavy atom. The molecule has 2 saturated carbocycles. The molecule has 102 valence electrons. The maximum Gasteiger partial charge on any atom is 0.225 e. The normalized spacial score (nSPS) is 27.0. The van der Waals surface area contributed by atoms with E-state index in [9.17, 15) is 4.79 Å². The number of amides is 1. The van der Waals surface area contributed by atoms with Crippen molar-refractivity contribution >= 4 is 5.91 Å². The second-order valence-electron chi connectivity index (χ2n) is 6.14. The maximum atomic E-state index is 12.1. The second-order valence-corrected chi connectivity index (χ2v) is 6.14.